The second kappa shape index (κ2) is 13.9. The fraction of sp³-hybridized carbons (Fsp3) is 0.875. The first-order valence-corrected chi connectivity index (χ1v) is 8.33. The predicted octanol–water partition coefficient (Wildman–Crippen LogP) is 2.83. The van der Waals surface area contributed by atoms with Crippen molar-refractivity contribution in [2.45, 2.75) is 83.6 Å². The van der Waals surface area contributed by atoms with Crippen LogP contribution in [0.3, 0.4) is 0 Å². The van der Waals surface area contributed by atoms with Crippen LogP contribution in [0, 0.1) is 0 Å². The summed E-state index contributed by atoms with van der Waals surface area (Å²) in [5.74, 6) is -1.16. The van der Waals surface area contributed by atoms with E-state index in [4.69, 9.17) is 10.8 Å². The highest BCUT2D eigenvalue weighted by atomic mass is 16.4. The smallest absolute Gasteiger partial charge is 0.303 e. The molecular formula is C16H32N2O3. The fourth-order valence-electron chi connectivity index (χ4n) is 2.19. The molecule has 1 atom stereocenters. The van der Waals surface area contributed by atoms with Gasteiger partial charge in [-0.2, -0.15) is 0 Å². The number of nitrogens with two attached hydrogens (primary N) is 1. The SMILES string of the molecule is CCCCCCCCCCCNC(=O)[C@@H](N)CCC(=O)O. The first-order chi connectivity index (χ1) is 10.1. The second-order valence-electron chi connectivity index (χ2n) is 5.66. The van der Waals surface area contributed by atoms with Gasteiger partial charge in [-0.15, -0.1) is 0 Å². The average molecular weight is 300 g/mol. The van der Waals surface area contributed by atoms with Crippen molar-refractivity contribution in [2.75, 3.05) is 6.54 Å². The zero-order valence-electron chi connectivity index (χ0n) is 13.4. The molecule has 0 fully saturated rings. The predicted molar refractivity (Wildman–Crippen MR) is 85.1 cm³/mol. The molecule has 21 heavy (non-hydrogen) atoms. The number of hydrogen-bond acceptors (Lipinski definition) is 3. The molecule has 1 amide bonds. The average Bonchev–Trinajstić information content (AvgIpc) is 2.46. The van der Waals surface area contributed by atoms with Gasteiger partial charge in [-0.05, 0) is 12.8 Å². The normalized spacial score (nSPS) is 12.1. The Hall–Kier alpha value is -1.10. The lowest BCUT2D eigenvalue weighted by molar-refractivity contribution is -0.137. The number of amides is 1. The third-order valence-corrected chi connectivity index (χ3v) is 3.59. The Bertz CT molecular complexity index is 283. The summed E-state index contributed by atoms with van der Waals surface area (Å²) in [6.45, 7) is 2.86. The summed E-state index contributed by atoms with van der Waals surface area (Å²) in [5.41, 5.74) is 5.61. The van der Waals surface area contributed by atoms with E-state index >= 15 is 0 Å². The zero-order valence-corrected chi connectivity index (χ0v) is 13.4. The summed E-state index contributed by atoms with van der Waals surface area (Å²) < 4.78 is 0. The number of rotatable bonds is 14. The fourth-order valence-corrected chi connectivity index (χ4v) is 2.19. The summed E-state index contributed by atoms with van der Waals surface area (Å²) in [5, 5.41) is 11.3. The lowest BCUT2D eigenvalue weighted by atomic mass is 10.1. The Morgan fingerprint density at radius 3 is 2.05 bits per heavy atom. The van der Waals surface area contributed by atoms with Crippen LogP contribution >= 0.6 is 0 Å². The maximum Gasteiger partial charge on any atom is 0.303 e. The number of carbonyl (C=O) groups excluding carboxylic acids is 1. The highest BCUT2D eigenvalue weighted by molar-refractivity contribution is 5.82. The number of aliphatic carboxylic acids is 1. The van der Waals surface area contributed by atoms with Crippen LogP contribution in [0.4, 0.5) is 0 Å². The van der Waals surface area contributed by atoms with E-state index in [-0.39, 0.29) is 18.7 Å². The molecule has 0 aliphatic rings. The molecule has 0 aromatic heterocycles. The quantitative estimate of drug-likeness (QED) is 0.430. The number of nitrogens with one attached hydrogen (secondary N) is 1. The van der Waals surface area contributed by atoms with Gasteiger partial charge in [-0.3, -0.25) is 9.59 Å². The van der Waals surface area contributed by atoms with Gasteiger partial charge in [0.25, 0.3) is 0 Å². The van der Waals surface area contributed by atoms with Crippen molar-refractivity contribution in [1.82, 2.24) is 5.32 Å². The van der Waals surface area contributed by atoms with Crippen LogP contribution in [0.5, 0.6) is 0 Å². The molecule has 0 aromatic rings. The van der Waals surface area contributed by atoms with Crippen LogP contribution in [0.2, 0.25) is 0 Å². The minimum atomic E-state index is -0.919. The maximum atomic E-state index is 11.6. The summed E-state index contributed by atoms with van der Waals surface area (Å²) in [6, 6.07) is -0.709. The summed E-state index contributed by atoms with van der Waals surface area (Å²) in [4.78, 5) is 21.9. The van der Waals surface area contributed by atoms with Gasteiger partial charge in [-0.1, -0.05) is 58.3 Å². The number of carboxylic acid groups (broad SMARTS) is 1. The molecule has 0 saturated heterocycles. The molecule has 0 saturated carbocycles. The molecule has 0 aliphatic carbocycles. The van der Waals surface area contributed by atoms with Crippen LogP contribution in [-0.4, -0.2) is 29.6 Å². The molecule has 5 nitrogen and oxygen atoms in total. The van der Waals surface area contributed by atoms with E-state index in [9.17, 15) is 9.59 Å². The molecule has 124 valence electrons. The van der Waals surface area contributed by atoms with E-state index in [1.54, 1.807) is 0 Å². The molecule has 5 heteroatoms. The highest BCUT2D eigenvalue weighted by Gasteiger charge is 2.13. The van der Waals surface area contributed by atoms with Gasteiger partial charge in [-0.25, -0.2) is 0 Å². The van der Waals surface area contributed by atoms with Gasteiger partial charge in [0.05, 0.1) is 6.04 Å². The number of carboxylic acids is 1. The minimum Gasteiger partial charge on any atom is -0.481 e. The Balaban J connectivity index is 3.33. The van der Waals surface area contributed by atoms with Crippen molar-refractivity contribution in [3.05, 3.63) is 0 Å². The number of hydrogen-bond donors (Lipinski definition) is 3. The molecule has 0 unspecified atom stereocenters. The molecule has 0 rings (SSSR count). The van der Waals surface area contributed by atoms with Crippen LogP contribution in [0.1, 0.15) is 77.6 Å². The van der Waals surface area contributed by atoms with E-state index in [1.165, 1.54) is 44.9 Å². The van der Waals surface area contributed by atoms with Gasteiger partial charge < -0.3 is 16.2 Å². The van der Waals surface area contributed by atoms with E-state index < -0.39 is 12.0 Å². The van der Waals surface area contributed by atoms with E-state index in [1.807, 2.05) is 0 Å². The van der Waals surface area contributed by atoms with Crippen molar-refractivity contribution in [2.24, 2.45) is 5.73 Å². The lowest BCUT2D eigenvalue weighted by Gasteiger charge is -2.11. The standard InChI is InChI=1S/C16H32N2O3/c1-2-3-4-5-6-7-8-9-10-13-18-16(21)14(17)11-12-15(19)20/h14H,2-13,17H2,1H3,(H,18,21)(H,19,20)/t14-/m0/s1. The van der Waals surface area contributed by atoms with Crippen molar-refractivity contribution in [3.8, 4) is 0 Å². The third-order valence-electron chi connectivity index (χ3n) is 3.59. The molecule has 0 aliphatic heterocycles. The number of unbranched alkanes of at least 4 members (excludes halogenated alkanes) is 8. The van der Waals surface area contributed by atoms with Crippen molar-refractivity contribution < 1.29 is 14.7 Å². The topological polar surface area (TPSA) is 92.4 Å². The van der Waals surface area contributed by atoms with E-state index in [0.29, 0.717) is 6.54 Å². The molecule has 4 N–H and O–H groups in total. The Labute approximate surface area is 128 Å². The van der Waals surface area contributed by atoms with Crippen molar-refractivity contribution >= 4 is 11.9 Å². The Kier molecular flexibility index (Phi) is 13.1. The first-order valence-electron chi connectivity index (χ1n) is 8.33. The van der Waals surface area contributed by atoms with E-state index in [2.05, 4.69) is 12.2 Å². The van der Waals surface area contributed by atoms with Crippen molar-refractivity contribution in [3.63, 3.8) is 0 Å². The van der Waals surface area contributed by atoms with Crippen LogP contribution in [0.15, 0.2) is 0 Å². The summed E-state index contributed by atoms with van der Waals surface area (Å²) >= 11 is 0. The second-order valence-corrected chi connectivity index (χ2v) is 5.66. The Morgan fingerprint density at radius 2 is 1.52 bits per heavy atom. The zero-order chi connectivity index (χ0) is 15.9. The Morgan fingerprint density at radius 1 is 1.00 bits per heavy atom. The monoisotopic (exact) mass is 300 g/mol. The minimum absolute atomic E-state index is 0.0629. The van der Waals surface area contributed by atoms with Crippen molar-refractivity contribution in [1.29, 1.82) is 0 Å². The summed E-state index contributed by atoms with van der Waals surface area (Å²) in [7, 11) is 0. The van der Waals surface area contributed by atoms with Gasteiger partial charge in [0, 0.05) is 13.0 Å². The molecular weight excluding hydrogens is 268 g/mol. The van der Waals surface area contributed by atoms with Crippen LogP contribution in [-0.2, 0) is 9.59 Å². The largest absolute Gasteiger partial charge is 0.481 e. The molecule has 0 radical (unpaired) electrons. The number of carbonyl (C=O) groups is 2. The van der Waals surface area contributed by atoms with Gasteiger partial charge in [0.15, 0.2) is 0 Å². The van der Waals surface area contributed by atoms with Gasteiger partial charge in [0.1, 0.15) is 0 Å². The molecule has 0 bridgehead atoms. The van der Waals surface area contributed by atoms with Crippen LogP contribution < -0.4 is 11.1 Å². The van der Waals surface area contributed by atoms with Gasteiger partial charge >= 0.3 is 5.97 Å². The molecule has 0 aromatic carbocycles. The maximum absolute atomic E-state index is 11.6. The van der Waals surface area contributed by atoms with Crippen LogP contribution in [0.25, 0.3) is 0 Å². The summed E-state index contributed by atoms with van der Waals surface area (Å²) in [6.07, 6.45) is 11.3. The van der Waals surface area contributed by atoms with Gasteiger partial charge in [0.2, 0.25) is 5.91 Å². The molecule has 0 spiro atoms. The molecule has 0 heterocycles. The highest BCUT2D eigenvalue weighted by Crippen LogP contribution is 2.09. The van der Waals surface area contributed by atoms with E-state index in [0.717, 1.165) is 12.8 Å². The lowest BCUT2D eigenvalue weighted by Crippen LogP contribution is -2.41. The third kappa shape index (κ3) is 13.6. The first kappa shape index (κ1) is 19.9.